The maximum atomic E-state index is 10.8. The maximum Gasteiger partial charge on any atom is 1.00 e. The van der Waals surface area contributed by atoms with E-state index in [1.807, 2.05) is 0 Å². The monoisotopic (exact) mass is 326 g/mol. The molecule has 1 aromatic carbocycles. The number of nitrogens with zero attached hydrogens (tertiary/aromatic N) is 1. The quantitative estimate of drug-likeness (QED) is 0.119. The molecule has 0 aliphatic carbocycles. The topological polar surface area (TPSA) is 116 Å². The second-order valence-corrected chi connectivity index (χ2v) is 6.55. The molecule has 0 aliphatic heterocycles. The molecule has 0 atom stereocenters. The third kappa shape index (κ3) is 8.13. The number of benzene rings is 1. The first kappa shape index (κ1) is 19.8. The normalized spacial score (nSPS) is 12.0. The summed E-state index contributed by atoms with van der Waals surface area (Å²) < 4.78 is 29.7. The van der Waals surface area contributed by atoms with Crippen LogP contribution in [0.1, 0.15) is 13.3 Å². The molecule has 0 aliphatic rings. The van der Waals surface area contributed by atoms with Gasteiger partial charge in [0.1, 0.15) is 0 Å². The van der Waals surface area contributed by atoms with Crippen molar-refractivity contribution in [3.63, 3.8) is 0 Å². The zero-order valence-corrected chi connectivity index (χ0v) is 15.0. The SMILES string of the molecule is CC([O-])=Nc1ccc(SCCCS(=O)(=O)O)c(N)c1.[Na+]. The summed E-state index contributed by atoms with van der Waals surface area (Å²) in [5, 5.41) is 10.8. The minimum Gasteiger partial charge on any atom is -0.862 e. The van der Waals surface area contributed by atoms with Gasteiger partial charge in [0.05, 0.1) is 11.4 Å². The number of nitrogens with two attached hydrogens (primary N) is 1. The number of aliphatic imine (C=N–C) groups is 1. The summed E-state index contributed by atoms with van der Waals surface area (Å²) >= 11 is 1.39. The van der Waals surface area contributed by atoms with Crippen molar-refractivity contribution >= 4 is 39.2 Å². The Balaban J connectivity index is 0.00000361. The van der Waals surface area contributed by atoms with Crippen molar-refractivity contribution in [3.05, 3.63) is 18.2 Å². The number of hydrogen-bond donors (Lipinski definition) is 2. The van der Waals surface area contributed by atoms with Gasteiger partial charge in [-0.15, -0.1) is 11.8 Å². The smallest absolute Gasteiger partial charge is 0.862 e. The van der Waals surface area contributed by atoms with Crippen molar-refractivity contribution in [1.29, 1.82) is 0 Å². The van der Waals surface area contributed by atoms with E-state index in [-0.39, 0.29) is 41.2 Å². The van der Waals surface area contributed by atoms with E-state index in [1.54, 1.807) is 18.2 Å². The zero-order chi connectivity index (χ0) is 14.5. The summed E-state index contributed by atoms with van der Waals surface area (Å²) in [7, 11) is -3.91. The van der Waals surface area contributed by atoms with Gasteiger partial charge in [0.25, 0.3) is 10.1 Å². The van der Waals surface area contributed by atoms with Gasteiger partial charge in [-0.3, -0.25) is 9.55 Å². The molecule has 3 N–H and O–H groups in total. The summed E-state index contributed by atoms with van der Waals surface area (Å²) in [6.07, 6.45) is 0.336. The van der Waals surface area contributed by atoms with Gasteiger partial charge in [-0.2, -0.15) is 8.42 Å². The summed E-state index contributed by atoms with van der Waals surface area (Å²) in [4.78, 5) is 4.54. The predicted octanol–water partition coefficient (Wildman–Crippen LogP) is -1.95. The van der Waals surface area contributed by atoms with E-state index in [2.05, 4.69) is 4.99 Å². The van der Waals surface area contributed by atoms with Crippen LogP contribution in [-0.2, 0) is 10.1 Å². The van der Waals surface area contributed by atoms with Crippen LogP contribution in [-0.4, -0.2) is 30.4 Å². The summed E-state index contributed by atoms with van der Waals surface area (Å²) in [6.45, 7) is 1.36. The van der Waals surface area contributed by atoms with Gasteiger partial charge in [-0.1, -0.05) is 0 Å². The Morgan fingerprint density at radius 3 is 2.65 bits per heavy atom. The minimum atomic E-state index is -3.91. The zero-order valence-electron chi connectivity index (χ0n) is 11.4. The summed E-state index contributed by atoms with van der Waals surface area (Å²) in [6, 6.07) is 4.99. The molecule has 0 bridgehead atoms. The van der Waals surface area contributed by atoms with E-state index in [4.69, 9.17) is 10.3 Å². The fraction of sp³-hybridized carbons (Fsp3) is 0.364. The first-order valence-corrected chi connectivity index (χ1v) is 8.07. The molecule has 106 valence electrons. The van der Waals surface area contributed by atoms with Crippen molar-refractivity contribution < 1.29 is 47.6 Å². The van der Waals surface area contributed by atoms with Crippen LogP contribution in [0.3, 0.4) is 0 Å². The molecule has 0 saturated heterocycles. The number of nitrogen functional groups attached to an aromatic ring is 1. The van der Waals surface area contributed by atoms with E-state index in [9.17, 15) is 13.5 Å². The van der Waals surface area contributed by atoms with Gasteiger partial charge in [-0.05, 0) is 43.2 Å². The van der Waals surface area contributed by atoms with Crippen molar-refractivity contribution in [1.82, 2.24) is 0 Å². The molecule has 0 radical (unpaired) electrons. The molecule has 0 aromatic heterocycles. The first-order chi connectivity index (χ1) is 8.78. The van der Waals surface area contributed by atoms with Crippen LogP contribution < -0.4 is 40.4 Å². The molecule has 0 fully saturated rings. The van der Waals surface area contributed by atoms with Crippen molar-refractivity contribution in [2.24, 2.45) is 4.99 Å². The largest absolute Gasteiger partial charge is 1.00 e. The summed E-state index contributed by atoms with van der Waals surface area (Å²) in [5.41, 5.74) is 6.78. The molecule has 6 nitrogen and oxygen atoms in total. The van der Waals surface area contributed by atoms with Crippen LogP contribution in [0.15, 0.2) is 28.1 Å². The van der Waals surface area contributed by atoms with Gasteiger partial charge < -0.3 is 10.8 Å². The van der Waals surface area contributed by atoms with Gasteiger partial charge in [0.15, 0.2) is 0 Å². The Labute approximate surface area is 144 Å². The van der Waals surface area contributed by atoms with Gasteiger partial charge >= 0.3 is 29.6 Å². The average molecular weight is 326 g/mol. The number of hydrogen-bond acceptors (Lipinski definition) is 6. The van der Waals surface area contributed by atoms with Crippen molar-refractivity contribution in [2.75, 3.05) is 17.2 Å². The molecular formula is C11H15N2NaO4S2. The third-order valence-electron chi connectivity index (χ3n) is 2.08. The molecule has 1 aromatic rings. The molecule has 0 heterocycles. The molecule has 1 rings (SSSR count). The molecule has 0 amide bonds. The number of rotatable bonds is 6. The molecule has 0 spiro atoms. The van der Waals surface area contributed by atoms with Crippen LogP contribution in [0.5, 0.6) is 0 Å². The number of thioether (sulfide) groups is 1. The van der Waals surface area contributed by atoms with E-state index in [0.717, 1.165) is 4.90 Å². The van der Waals surface area contributed by atoms with Gasteiger partial charge in [-0.25, -0.2) is 0 Å². The van der Waals surface area contributed by atoms with Crippen LogP contribution in [0.25, 0.3) is 0 Å². The Morgan fingerprint density at radius 1 is 1.50 bits per heavy atom. The van der Waals surface area contributed by atoms with Gasteiger partial charge in [0, 0.05) is 10.6 Å². The second-order valence-electron chi connectivity index (χ2n) is 3.84. The molecule has 0 unspecified atom stereocenters. The first-order valence-electron chi connectivity index (χ1n) is 5.48. The average Bonchev–Trinajstić information content (AvgIpc) is 2.24. The van der Waals surface area contributed by atoms with E-state index >= 15 is 0 Å². The predicted molar refractivity (Wildman–Crippen MR) is 75.4 cm³/mol. The fourth-order valence-electron chi connectivity index (χ4n) is 1.34. The Hall–Kier alpha value is -0.250. The van der Waals surface area contributed by atoms with E-state index in [1.165, 1.54) is 18.7 Å². The van der Waals surface area contributed by atoms with Gasteiger partial charge in [0.2, 0.25) is 0 Å². The maximum absolute atomic E-state index is 10.8. The van der Waals surface area contributed by atoms with Crippen LogP contribution in [0, 0.1) is 0 Å². The molecule has 0 saturated carbocycles. The minimum absolute atomic E-state index is 0. The summed E-state index contributed by atoms with van der Waals surface area (Å²) in [5.74, 6) is -0.0434. The van der Waals surface area contributed by atoms with E-state index in [0.29, 0.717) is 23.5 Å². The van der Waals surface area contributed by atoms with Crippen LogP contribution in [0.2, 0.25) is 0 Å². The van der Waals surface area contributed by atoms with Crippen molar-refractivity contribution in [3.8, 4) is 0 Å². The van der Waals surface area contributed by atoms with Crippen LogP contribution >= 0.6 is 11.8 Å². The number of anilines is 1. The standard InChI is InChI=1S/C11H16N2O4S2.Na/c1-8(14)13-9-3-4-11(10(12)7-9)18-5-2-6-19(15,16)17;/h3-4,7H,2,5-6,12H2,1H3,(H,13,14)(H,15,16,17);/q;+1/p-1. The van der Waals surface area contributed by atoms with Crippen molar-refractivity contribution in [2.45, 2.75) is 18.2 Å². The molecule has 20 heavy (non-hydrogen) atoms. The molecular weight excluding hydrogens is 311 g/mol. The van der Waals surface area contributed by atoms with Crippen LogP contribution in [0.4, 0.5) is 11.4 Å². The Bertz CT molecular complexity index is 572. The molecule has 9 heteroatoms. The fourth-order valence-corrected chi connectivity index (χ4v) is 2.93. The Kier molecular flexibility index (Phi) is 8.80. The second kappa shape index (κ2) is 8.91. The van der Waals surface area contributed by atoms with E-state index < -0.39 is 10.1 Å². The Morgan fingerprint density at radius 2 is 2.15 bits per heavy atom. The third-order valence-corrected chi connectivity index (χ3v) is 4.06.